The quantitative estimate of drug-likeness (QED) is 0.777. The molecule has 0 radical (unpaired) electrons. The lowest BCUT2D eigenvalue weighted by molar-refractivity contribution is 0.165. The second-order valence-corrected chi connectivity index (χ2v) is 5.74. The molecule has 0 amide bonds. The van der Waals surface area contributed by atoms with Gasteiger partial charge in [-0.25, -0.2) is 0 Å². The highest BCUT2D eigenvalue weighted by Gasteiger charge is 2.33. The molecule has 2 atom stereocenters. The van der Waals surface area contributed by atoms with Crippen molar-refractivity contribution in [2.75, 3.05) is 39.4 Å². The first-order chi connectivity index (χ1) is 7.92. The van der Waals surface area contributed by atoms with Crippen LogP contribution in [-0.4, -0.2) is 50.3 Å². The average Bonchev–Trinajstić information content (AvgIpc) is 3.03. The minimum absolute atomic E-state index is 0.782. The van der Waals surface area contributed by atoms with Crippen molar-refractivity contribution in [2.45, 2.75) is 31.7 Å². The summed E-state index contributed by atoms with van der Waals surface area (Å²) < 4.78 is 5.47. The fraction of sp³-hybridized carbons (Fsp3) is 1.00. The molecule has 3 aliphatic rings. The first-order valence-corrected chi connectivity index (χ1v) is 6.95. The molecule has 2 saturated heterocycles. The molecule has 1 saturated carbocycles. The summed E-state index contributed by atoms with van der Waals surface area (Å²) in [6.45, 7) is 7.04. The van der Waals surface area contributed by atoms with Crippen LogP contribution in [0.4, 0.5) is 0 Å². The van der Waals surface area contributed by atoms with Crippen molar-refractivity contribution in [3.63, 3.8) is 0 Å². The van der Waals surface area contributed by atoms with Crippen molar-refractivity contribution >= 4 is 0 Å². The second-order valence-electron chi connectivity index (χ2n) is 5.74. The SMILES string of the molecule is C1CNC(C2CC2)CN(CC2CCOC2)C1. The van der Waals surface area contributed by atoms with Crippen molar-refractivity contribution < 1.29 is 4.74 Å². The van der Waals surface area contributed by atoms with Gasteiger partial charge in [0.2, 0.25) is 0 Å². The van der Waals surface area contributed by atoms with E-state index >= 15 is 0 Å². The van der Waals surface area contributed by atoms with Crippen LogP contribution in [0.3, 0.4) is 0 Å². The van der Waals surface area contributed by atoms with E-state index in [1.807, 2.05) is 0 Å². The number of ether oxygens (including phenoxy) is 1. The van der Waals surface area contributed by atoms with Gasteiger partial charge in [-0.1, -0.05) is 0 Å². The maximum absolute atomic E-state index is 5.47. The lowest BCUT2D eigenvalue weighted by Gasteiger charge is -2.26. The zero-order valence-corrected chi connectivity index (χ0v) is 10.2. The van der Waals surface area contributed by atoms with Crippen LogP contribution in [-0.2, 0) is 4.74 Å². The number of nitrogens with one attached hydrogen (secondary N) is 1. The Bertz CT molecular complexity index is 224. The van der Waals surface area contributed by atoms with Gasteiger partial charge < -0.3 is 15.0 Å². The molecule has 2 aliphatic heterocycles. The molecule has 2 heterocycles. The van der Waals surface area contributed by atoms with Crippen LogP contribution >= 0.6 is 0 Å². The van der Waals surface area contributed by atoms with E-state index in [2.05, 4.69) is 10.2 Å². The fourth-order valence-corrected chi connectivity index (χ4v) is 3.10. The minimum Gasteiger partial charge on any atom is -0.381 e. The van der Waals surface area contributed by atoms with Crippen molar-refractivity contribution in [1.29, 1.82) is 0 Å². The summed E-state index contributed by atoms with van der Waals surface area (Å²) in [5.41, 5.74) is 0. The van der Waals surface area contributed by atoms with Gasteiger partial charge in [0.05, 0.1) is 6.61 Å². The summed E-state index contributed by atoms with van der Waals surface area (Å²) in [5, 5.41) is 3.73. The predicted molar refractivity (Wildman–Crippen MR) is 64.5 cm³/mol. The molecule has 0 spiro atoms. The molecule has 16 heavy (non-hydrogen) atoms. The van der Waals surface area contributed by atoms with Gasteiger partial charge in [-0.15, -0.1) is 0 Å². The Morgan fingerprint density at radius 1 is 1.25 bits per heavy atom. The summed E-state index contributed by atoms with van der Waals surface area (Å²) in [6, 6.07) is 0.782. The van der Waals surface area contributed by atoms with Gasteiger partial charge in [-0.3, -0.25) is 0 Å². The molecular formula is C13H24N2O. The highest BCUT2D eigenvalue weighted by atomic mass is 16.5. The first kappa shape index (κ1) is 11.0. The molecule has 3 rings (SSSR count). The Morgan fingerprint density at radius 3 is 2.94 bits per heavy atom. The molecule has 0 aromatic heterocycles. The largest absolute Gasteiger partial charge is 0.381 e. The Labute approximate surface area is 98.5 Å². The van der Waals surface area contributed by atoms with Gasteiger partial charge in [0.25, 0.3) is 0 Å². The van der Waals surface area contributed by atoms with Crippen LogP contribution in [0.15, 0.2) is 0 Å². The molecular weight excluding hydrogens is 200 g/mol. The maximum Gasteiger partial charge on any atom is 0.0507 e. The van der Waals surface area contributed by atoms with Crippen LogP contribution in [0, 0.1) is 11.8 Å². The van der Waals surface area contributed by atoms with E-state index in [1.165, 1.54) is 51.9 Å². The Balaban J connectivity index is 1.51. The van der Waals surface area contributed by atoms with E-state index < -0.39 is 0 Å². The molecule has 0 aromatic rings. The van der Waals surface area contributed by atoms with Gasteiger partial charge in [-0.05, 0) is 50.6 Å². The second kappa shape index (κ2) is 5.03. The van der Waals surface area contributed by atoms with E-state index in [-0.39, 0.29) is 0 Å². The standard InChI is InChI=1S/C13H24N2O/c1-5-14-13(12-2-3-12)9-15(6-1)8-11-4-7-16-10-11/h11-14H,1-10H2. The van der Waals surface area contributed by atoms with Crippen LogP contribution < -0.4 is 5.32 Å². The lowest BCUT2D eigenvalue weighted by Crippen LogP contribution is -2.41. The van der Waals surface area contributed by atoms with Gasteiger partial charge >= 0.3 is 0 Å². The van der Waals surface area contributed by atoms with Crippen LogP contribution in [0.25, 0.3) is 0 Å². The van der Waals surface area contributed by atoms with Crippen molar-refractivity contribution in [1.82, 2.24) is 10.2 Å². The van der Waals surface area contributed by atoms with Gasteiger partial charge in [0.1, 0.15) is 0 Å². The molecule has 1 N–H and O–H groups in total. The summed E-state index contributed by atoms with van der Waals surface area (Å²) in [6.07, 6.45) is 5.50. The maximum atomic E-state index is 5.47. The van der Waals surface area contributed by atoms with E-state index in [1.54, 1.807) is 0 Å². The molecule has 3 heteroatoms. The summed E-state index contributed by atoms with van der Waals surface area (Å²) >= 11 is 0. The van der Waals surface area contributed by atoms with E-state index in [0.29, 0.717) is 0 Å². The first-order valence-electron chi connectivity index (χ1n) is 6.95. The molecule has 92 valence electrons. The Morgan fingerprint density at radius 2 is 2.19 bits per heavy atom. The monoisotopic (exact) mass is 224 g/mol. The zero-order valence-electron chi connectivity index (χ0n) is 10.2. The van der Waals surface area contributed by atoms with Gasteiger partial charge in [0, 0.05) is 25.7 Å². The predicted octanol–water partition coefficient (Wildman–Crippen LogP) is 1.10. The number of nitrogens with zero attached hydrogens (tertiary/aromatic N) is 1. The smallest absolute Gasteiger partial charge is 0.0507 e. The van der Waals surface area contributed by atoms with Crippen molar-refractivity contribution in [2.24, 2.45) is 11.8 Å². The van der Waals surface area contributed by atoms with Crippen LogP contribution in [0.5, 0.6) is 0 Å². The average molecular weight is 224 g/mol. The van der Waals surface area contributed by atoms with Crippen LogP contribution in [0.2, 0.25) is 0 Å². The van der Waals surface area contributed by atoms with Gasteiger partial charge in [0.15, 0.2) is 0 Å². The van der Waals surface area contributed by atoms with Crippen molar-refractivity contribution in [3.05, 3.63) is 0 Å². The highest BCUT2D eigenvalue weighted by molar-refractivity contribution is 4.90. The topological polar surface area (TPSA) is 24.5 Å². The molecule has 0 aromatic carbocycles. The summed E-state index contributed by atoms with van der Waals surface area (Å²) in [4.78, 5) is 2.68. The number of hydrogen-bond donors (Lipinski definition) is 1. The third-order valence-electron chi connectivity index (χ3n) is 4.24. The highest BCUT2D eigenvalue weighted by Crippen LogP contribution is 2.33. The molecule has 0 bridgehead atoms. The summed E-state index contributed by atoms with van der Waals surface area (Å²) in [5.74, 6) is 1.79. The molecule has 3 nitrogen and oxygen atoms in total. The van der Waals surface area contributed by atoms with E-state index in [9.17, 15) is 0 Å². The normalized spacial score (nSPS) is 37.5. The zero-order chi connectivity index (χ0) is 10.8. The molecule has 1 aliphatic carbocycles. The molecule has 3 fully saturated rings. The van der Waals surface area contributed by atoms with Gasteiger partial charge in [-0.2, -0.15) is 0 Å². The fourth-order valence-electron chi connectivity index (χ4n) is 3.10. The molecule has 2 unspecified atom stereocenters. The third-order valence-corrected chi connectivity index (χ3v) is 4.24. The van der Waals surface area contributed by atoms with E-state index in [4.69, 9.17) is 4.74 Å². The van der Waals surface area contributed by atoms with E-state index in [0.717, 1.165) is 31.1 Å². The van der Waals surface area contributed by atoms with Crippen LogP contribution in [0.1, 0.15) is 25.7 Å². The number of rotatable bonds is 3. The Kier molecular flexibility index (Phi) is 3.46. The van der Waals surface area contributed by atoms with Crippen molar-refractivity contribution in [3.8, 4) is 0 Å². The lowest BCUT2D eigenvalue weighted by atomic mass is 10.1. The summed E-state index contributed by atoms with van der Waals surface area (Å²) in [7, 11) is 0. The third kappa shape index (κ3) is 2.76. The minimum atomic E-state index is 0.782. The number of hydrogen-bond acceptors (Lipinski definition) is 3. The Hall–Kier alpha value is -0.120.